The number of piperidine rings is 1. The number of rotatable bonds is 6. The zero-order chi connectivity index (χ0) is 16.8. The van der Waals surface area contributed by atoms with Crippen molar-refractivity contribution in [3.63, 3.8) is 0 Å². The first kappa shape index (κ1) is 17.7. The van der Waals surface area contributed by atoms with Crippen LogP contribution in [0.4, 0.5) is 5.69 Å². The van der Waals surface area contributed by atoms with Crippen molar-refractivity contribution >= 4 is 23.2 Å². The summed E-state index contributed by atoms with van der Waals surface area (Å²) in [6, 6.07) is 8.02. The number of carbonyl (C=O) groups excluding carboxylic acids is 1. The molecule has 2 fully saturated rings. The van der Waals surface area contributed by atoms with Crippen LogP contribution >= 0.6 is 11.6 Å². The number of anilines is 1. The minimum Gasteiger partial charge on any atom is -0.325 e. The van der Waals surface area contributed by atoms with Gasteiger partial charge in [-0.05, 0) is 57.5 Å². The van der Waals surface area contributed by atoms with E-state index in [0.29, 0.717) is 23.2 Å². The maximum Gasteiger partial charge on any atom is 0.225 e. The third-order valence-electron chi connectivity index (χ3n) is 5.19. The molecule has 1 amide bonds. The second kappa shape index (κ2) is 8.84. The van der Waals surface area contributed by atoms with Crippen LogP contribution in [0.15, 0.2) is 24.3 Å². The highest BCUT2D eigenvalue weighted by molar-refractivity contribution is 6.33. The zero-order valence-corrected chi connectivity index (χ0v) is 15.1. The fourth-order valence-corrected chi connectivity index (χ4v) is 4.04. The summed E-state index contributed by atoms with van der Waals surface area (Å²) in [7, 11) is 0. The van der Waals surface area contributed by atoms with Gasteiger partial charge in [0.05, 0.1) is 10.7 Å². The number of likely N-dealkylation sites (tertiary alicyclic amines) is 2. The smallest absolute Gasteiger partial charge is 0.225 e. The molecular weight excluding hydrogens is 322 g/mol. The van der Waals surface area contributed by atoms with E-state index >= 15 is 0 Å². The maximum absolute atomic E-state index is 12.2. The number of nitrogens with one attached hydrogen (secondary N) is 1. The summed E-state index contributed by atoms with van der Waals surface area (Å²) >= 11 is 6.10. The Bertz CT molecular complexity index is 545. The van der Waals surface area contributed by atoms with Gasteiger partial charge in [0.25, 0.3) is 0 Å². The van der Waals surface area contributed by atoms with E-state index in [1.807, 2.05) is 18.2 Å². The molecule has 1 aromatic rings. The molecule has 1 aromatic carbocycles. The monoisotopic (exact) mass is 349 g/mol. The molecule has 2 saturated heterocycles. The summed E-state index contributed by atoms with van der Waals surface area (Å²) < 4.78 is 0. The third kappa shape index (κ3) is 4.95. The van der Waals surface area contributed by atoms with Gasteiger partial charge in [0.1, 0.15) is 0 Å². The van der Waals surface area contributed by atoms with E-state index in [2.05, 4.69) is 15.1 Å². The van der Waals surface area contributed by atoms with Crippen LogP contribution in [0.25, 0.3) is 0 Å². The van der Waals surface area contributed by atoms with Crippen molar-refractivity contribution in [3.05, 3.63) is 29.3 Å². The van der Waals surface area contributed by atoms with Crippen LogP contribution in [-0.2, 0) is 4.79 Å². The molecule has 132 valence electrons. The molecule has 1 unspecified atom stereocenters. The van der Waals surface area contributed by atoms with Crippen molar-refractivity contribution in [1.29, 1.82) is 0 Å². The summed E-state index contributed by atoms with van der Waals surface area (Å²) in [5.41, 5.74) is 0.704. The Balaban J connectivity index is 1.44. The molecule has 1 N–H and O–H groups in total. The number of hydrogen-bond acceptors (Lipinski definition) is 3. The minimum atomic E-state index is 0.0479. The molecule has 5 heteroatoms. The number of benzene rings is 1. The molecule has 0 bridgehead atoms. The predicted molar refractivity (Wildman–Crippen MR) is 99.6 cm³/mol. The number of nitrogens with zero attached hydrogens (tertiary/aromatic N) is 2. The molecule has 1 atom stereocenters. The molecule has 2 heterocycles. The maximum atomic E-state index is 12.2. The van der Waals surface area contributed by atoms with Gasteiger partial charge in [0, 0.05) is 25.6 Å². The summed E-state index contributed by atoms with van der Waals surface area (Å²) in [5, 5.41) is 3.51. The van der Waals surface area contributed by atoms with E-state index in [-0.39, 0.29) is 5.91 Å². The van der Waals surface area contributed by atoms with Crippen molar-refractivity contribution in [2.75, 3.05) is 38.0 Å². The number of para-hydroxylation sites is 1. The van der Waals surface area contributed by atoms with E-state index in [9.17, 15) is 4.79 Å². The average molecular weight is 350 g/mol. The lowest BCUT2D eigenvalue weighted by molar-refractivity contribution is -0.116. The SMILES string of the molecule is O=C(CCN1CCCC1CN1CCCCC1)Nc1ccccc1Cl. The summed E-state index contributed by atoms with van der Waals surface area (Å²) in [6.45, 7) is 5.63. The molecule has 0 radical (unpaired) electrons. The van der Waals surface area contributed by atoms with Crippen LogP contribution in [0.2, 0.25) is 5.02 Å². The lowest BCUT2D eigenvalue weighted by atomic mass is 10.1. The van der Waals surface area contributed by atoms with Crippen LogP contribution in [0, 0.1) is 0 Å². The van der Waals surface area contributed by atoms with Gasteiger partial charge in [-0.2, -0.15) is 0 Å². The van der Waals surface area contributed by atoms with Crippen molar-refractivity contribution in [2.45, 2.75) is 44.6 Å². The number of amides is 1. The molecule has 0 aromatic heterocycles. The van der Waals surface area contributed by atoms with Crippen LogP contribution in [0.5, 0.6) is 0 Å². The van der Waals surface area contributed by atoms with Gasteiger partial charge < -0.3 is 10.2 Å². The molecule has 24 heavy (non-hydrogen) atoms. The Morgan fingerprint density at radius 2 is 1.92 bits per heavy atom. The van der Waals surface area contributed by atoms with E-state index in [4.69, 9.17) is 11.6 Å². The fourth-order valence-electron chi connectivity index (χ4n) is 3.86. The average Bonchev–Trinajstić information content (AvgIpc) is 3.03. The Morgan fingerprint density at radius 3 is 2.71 bits per heavy atom. The lowest BCUT2D eigenvalue weighted by Crippen LogP contribution is -2.43. The van der Waals surface area contributed by atoms with Crippen LogP contribution in [0.1, 0.15) is 38.5 Å². The summed E-state index contributed by atoms with van der Waals surface area (Å²) in [6.07, 6.45) is 7.11. The Hall–Kier alpha value is -1.10. The first-order chi connectivity index (χ1) is 11.7. The van der Waals surface area contributed by atoms with Crippen molar-refractivity contribution in [1.82, 2.24) is 9.80 Å². The number of carbonyl (C=O) groups is 1. The van der Waals surface area contributed by atoms with Gasteiger partial charge in [-0.3, -0.25) is 9.69 Å². The van der Waals surface area contributed by atoms with Gasteiger partial charge in [0.15, 0.2) is 0 Å². The predicted octanol–water partition coefficient (Wildman–Crippen LogP) is 3.62. The van der Waals surface area contributed by atoms with E-state index in [1.54, 1.807) is 6.07 Å². The minimum absolute atomic E-state index is 0.0479. The molecular formula is C19H28ClN3O. The molecule has 3 rings (SSSR count). The van der Waals surface area contributed by atoms with Crippen molar-refractivity contribution in [2.24, 2.45) is 0 Å². The summed E-state index contributed by atoms with van der Waals surface area (Å²) in [5.74, 6) is 0.0479. The quantitative estimate of drug-likeness (QED) is 0.852. The second-order valence-corrected chi connectivity index (χ2v) is 7.38. The highest BCUT2D eigenvalue weighted by Crippen LogP contribution is 2.22. The topological polar surface area (TPSA) is 35.6 Å². The number of halogens is 1. The van der Waals surface area contributed by atoms with Crippen LogP contribution in [0.3, 0.4) is 0 Å². The first-order valence-electron chi connectivity index (χ1n) is 9.23. The van der Waals surface area contributed by atoms with Gasteiger partial charge in [0.2, 0.25) is 5.91 Å². The van der Waals surface area contributed by atoms with Gasteiger partial charge >= 0.3 is 0 Å². The first-order valence-corrected chi connectivity index (χ1v) is 9.61. The highest BCUT2D eigenvalue weighted by atomic mass is 35.5. The lowest BCUT2D eigenvalue weighted by Gasteiger charge is -2.32. The van der Waals surface area contributed by atoms with Crippen molar-refractivity contribution in [3.8, 4) is 0 Å². The van der Waals surface area contributed by atoms with Crippen molar-refractivity contribution < 1.29 is 4.79 Å². The van der Waals surface area contributed by atoms with Crippen LogP contribution < -0.4 is 5.32 Å². The highest BCUT2D eigenvalue weighted by Gasteiger charge is 2.27. The third-order valence-corrected chi connectivity index (χ3v) is 5.52. The Labute approximate surface area is 150 Å². The Morgan fingerprint density at radius 1 is 1.12 bits per heavy atom. The zero-order valence-electron chi connectivity index (χ0n) is 14.3. The second-order valence-electron chi connectivity index (χ2n) is 6.97. The van der Waals surface area contributed by atoms with Crippen LogP contribution in [-0.4, -0.2) is 54.5 Å². The molecule has 2 aliphatic rings. The van der Waals surface area contributed by atoms with E-state index < -0.39 is 0 Å². The molecule has 0 saturated carbocycles. The largest absolute Gasteiger partial charge is 0.325 e. The number of hydrogen-bond donors (Lipinski definition) is 1. The summed E-state index contributed by atoms with van der Waals surface area (Å²) in [4.78, 5) is 17.3. The standard InChI is InChI=1S/C19H28ClN3O/c20-17-8-2-3-9-18(17)21-19(24)10-14-23-13-6-7-16(23)15-22-11-4-1-5-12-22/h2-3,8-9,16H,1,4-7,10-15H2,(H,21,24). The van der Waals surface area contributed by atoms with Gasteiger partial charge in [-0.15, -0.1) is 0 Å². The van der Waals surface area contributed by atoms with E-state index in [0.717, 1.165) is 13.1 Å². The van der Waals surface area contributed by atoms with Gasteiger partial charge in [-0.25, -0.2) is 0 Å². The van der Waals surface area contributed by atoms with E-state index in [1.165, 1.54) is 51.7 Å². The normalized spacial score (nSPS) is 22.6. The molecule has 0 spiro atoms. The molecule has 0 aliphatic carbocycles. The fraction of sp³-hybridized carbons (Fsp3) is 0.632. The Kier molecular flexibility index (Phi) is 6.52. The molecule has 4 nitrogen and oxygen atoms in total. The van der Waals surface area contributed by atoms with Gasteiger partial charge in [-0.1, -0.05) is 30.2 Å². The molecule has 2 aliphatic heterocycles.